The van der Waals surface area contributed by atoms with Crippen molar-refractivity contribution >= 4 is 0 Å². The van der Waals surface area contributed by atoms with E-state index in [1.54, 1.807) is 0 Å². The van der Waals surface area contributed by atoms with Gasteiger partial charge in [-0.3, -0.25) is 0 Å². The van der Waals surface area contributed by atoms with E-state index in [0.717, 1.165) is 11.6 Å². The molecule has 1 aromatic heterocycles. The minimum Gasteiger partial charge on any atom is -0.478 e. The highest BCUT2D eigenvalue weighted by Crippen LogP contribution is 2.10. The maximum Gasteiger partial charge on any atom is 0.213 e. The number of pyridine rings is 1. The Labute approximate surface area is 67.2 Å². The topological polar surface area (TPSA) is 22.1 Å². The fourth-order valence-corrected chi connectivity index (χ4v) is 1.03. The second kappa shape index (κ2) is 3.37. The molecule has 1 heterocycles. The summed E-state index contributed by atoms with van der Waals surface area (Å²) in [5, 5.41) is 0. The van der Waals surface area contributed by atoms with Crippen LogP contribution in [0.15, 0.2) is 12.1 Å². The zero-order chi connectivity index (χ0) is 8.27. The number of rotatable bonds is 2. The average Bonchev–Trinajstić information content (AvgIpc) is 1.85. The normalized spacial score (nSPS) is 9.73. The largest absolute Gasteiger partial charge is 0.478 e. The highest BCUT2D eigenvalue weighted by atomic mass is 16.5. The second-order valence-electron chi connectivity index (χ2n) is 2.56. The van der Waals surface area contributed by atoms with E-state index < -0.39 is 0 Å². The van der Waals surface area contributed by atoms with Crippen LogP contribution in [0.2, 0.25) is 0 Å². The molecule has 0 unspecified atom stereocenters. The maximum atomic E-state index is 5.26. The van der Waals surface area contributed by atoms with Crippen LogP contribution in [0, 0.1) is 13.8 Å². The molecule has 0 N–H and O–H groups in total. The average molecular weight is 151 g/mol. The molecule has 11 heavy (non-hydrogen) atoms. The van der Waals surface area contributed by atoms with Gasteiger partial charge < -0.3 is 4.74 Å². The molecule has 0 amide bonds. The molecule has 0 saturated carbocycles. The zero-order valence-electron chi connectivity index (χ0n) is 7.22. The standard InChI is InChI=1S/C9H13NO/c1-4-11-9-6-7(2)5-8(3)10-9/h5-6H,4H2,1-3H3. The molecule has 0 aliphatic carbocycles. The van der Waals surface area contributed by atoms with Crippen molar-refractivity contribution in [3.05, 3.63) is 23.4 Å². The summed E-state index contributed by atoms with van der Waals surface area (Å²) in [7, 11) is 0. The number of aryl methyl sites for hydroxylation is 2. The number of nitrogens with zero attached hydrogens (tertiary/aromatic N) is 1. The summed E-state index contributed by atoms with van der Waals surface area (Å²) in [6.07, 6.45) is 0. The van der Waals surface area contributed by atoms with Crippen LogP contribution in [0.4, 0.5) is 0 Å². The summed E-state index contributed by atoms with van der Waals surface area (Å²) in [6, 6.07) is 3.97. The van der Waals surface area contributed by atoms with Crippen molar-refractivity contribution in [1.82, 2.24) is 4.98 Å². The second-order valence-corrected chi connectivity index (χ2v) is 2.56. The molecule has 0 aromatic carbocycles. The van der Waals surface area contributed by atoms with Gasteiger partial charge in [0.25, 0.3) is 0 Å². The molecule has 0 aliphatic rings. The Morgan fingerprint density at radius 1 is 1.36 bits per heavy atom. The summed E-state index contributed by atoms with van der Waals surface area (Å²) < 4.78 is 5.26. The predicted octanol–water partition coefficient (Wildman–Crippen LogP) is 2.10. The molecule has 0 spiro atoms. The Morgan fingerprint density at radius 2 is 2.09 bits per heavy atom. The quantitative estimate of drug-likeness (QED) is 0.645. The van der Waals surface area contributed by atoms with Gasteiger partial charge >= 0.3 is 0 Å². The first-order valence-corrected chi connectivity index (χ1v) is 3.80. The Hall–Kier alpha value is -1.05. The summed E-state index contributed by atoms with van der Waals surface area (Å²) in [5.74, 6) is 0.727. The van der Waals surface area contributed by atoms with Crippen molar-refractivity contribution in [2.24, 2.45) is 0 Å². The van der Waals surface area contributed by atoms with Crippen molar-refractivity contribution in [3.63, 3.8) is 0 Å². The van der Waals surface area contributed by atoms with Gasteiger partial charge in [0.1, 0.15) is 0 Å². The molecule has 2 heteroatoms. The van der Waals surface area contributed by atoms with Gasteiger partial charge in [-0.2, -0.15) is 0 Å². The van der Waals surface area contributed by atoms with Crippen molar-refractivity contribution < 1.29 is 4.74 Å². The van der Waals surface area contributed by atoms with Crippen LogP contribution >= 0.6 is 0 Å². The van der Waals surface area contributed by atoms with E-state index in [4.69, 9.17) is 4.74 Å². The highest BCUT2D eigenvalue weighted by molar-refractivity contribution is 5.23. The molecule has 0 bridgehead atoms. The lowest BCUT2D eigenvalue weighted by Gasteiger charge is -2.03. The highest BCUT2D eigenvalue weighted by Gasteiger charge is 1.95. The monoisotopic (exact) mass is 151 g/mol. The van der Waals surface area contributed by atoms with Gasteiger partial charge in [0.05, 0.1) is 6.61 Å². The number of hydrogen-bond acceptors (Lipinski definition) is 2. The minimum atomic E-state index is 0.676. The summed E-state index contributed by atoms with van der Waals surface area (Å²) in [5.41, 5.74) is 2.20. The number of ether oxygens (including phenoxy) is 1. The molecule has 0 atom stereocenters. The van der Waals surface area contributed by atoms with Crippen molar-refractivity contribution in [1.29, 1.82) is 0 Å². The third-order valence-electron chi connectivity index (χ3n) is 1.37. The van der Waals surface area contributed by atoms with Crippen LogP contribution < -0.4 is 4.74 Å². The van der Waals surface area contributed by atoms with Gasteiger partial charge in [0.15, 0.2) is 0 Å². The first-order valence-electron chi connectivity index (χ1n) is 3.80. The van der Waals surface area contributed by atoms with E-state index in [9.17, 15) is 0 Å². The van der Waals surface area contributed by atoms with Gasteiger partial charge in [-0.1, -0.05) is 0 Å². The van der Waals surface area contributed by atoms with Crippen molar-refractivity contribution in [3.8, 4) is 5.88 Å². The Balaban J connectivity index is 2.89. The molecule has 0 saturated heterocycles. The number of hydrogen-bond donors (Lipinski definition) is 0. The number of aromatic nitrogens is 1. The third-order valence-corrected chi connectivity index (χ3v) is 1.37. The van der Waals surface area contributed by atoms with Crippen molar-refractivity contribution in [2.75, 3.05) is 6.61 Å². The molecule has 0 radical (unpaired) electrons. The predicted molar refractivity (Wildman–Crippen MR) is 44.9 cm³/mol. The van der Waals surface area contributed by atoms with Gasteiger partial charge in [0.2, 0.25) is 5.88 Å². The van der Waals surface area contributed by atoms with Crippen LogP contribution in [-0.2, 0) is 0 Å². The van der Waals surface area contributed by atoms with Crippen LogP contribution in [0.5, 0.6) is 5.88 Å². The first kappa shape index (κ1) is 8.05. The van der Waals surface area contributed by atoms with E-state index >= 15 is 0 Å². The van der Waals surface area contributed by atoms with Crippen LogP contribution in [-0.4, -0.2) is 11.6 Å². The minimum absolute atomic E-state index is 0.676. The van der Waals surface area contributed by atoms with Gasteiger partial charge in [-0.15, -0.1) is 0 Å². The molecule has 2 nitrogen and oxygen atoms in total. The van der Waals surface area contributed by atoms with Crippen molar-refractivity contribution in [2.45, 2.75) is 20.8 Å². The molecule has 0 aliphatic heterocycles. The Morgan fingerprint density at radius 3 is 2.64 bits per heavy atom. The molecular formula is C9H13NO. The fraction of sp³-hybridized carbons (Fsp3) is 0.444. The van der Waals surface area contributed by atoms with Crippen LogP contribution in [0.25, 0.3) is 0 Å². The smallest absolute Gasteiger partial charge is 0.213 e. The molecule has 0 fully saturated rings. The maximum absolute atomic E-state index is 5.26. The lowest BCUT2D eigenvalue weighted by atomic mass is 10.2. The Bertz CT molecular complexity index is 225. The SMILES string of the molecule is CCOc1cc(C)cc(C)n1. The summed E-state index contributed by atoms with van der Waals surface area (Å²) in [6.45, 7) is 6.64. The van der Waals surface area contributed by atoms with E-state index in [2.05, 4.69) is 4.98 Å². The first-order chi connectivity index (χ1) is 5.22. The third kappa shape index (κ3) is 2.22. The van der Waals surface area contributed by atoms with E-state index in [1.165, 1.54) is 5.56 Å². The lowest BCUT2D eigenvalue weighted by molar-refractivity contribution is 0.326. The Kier molecular flexibility index (Phi) is 2.47. The van der Waals surface area contributed by atoms with Crippen LogP contribution in [0.1, 0.15) is 18.2 Å². The van der Waals surface area contributed by atoms with E-state index in [-0.39, 0.29) is 0 Å². The van der Waals surface area contributed by atoms with E-state index in [0.29, 0.717) is 6.61 Å². The van der Waals surface area contributed by atoms with Gasteiger partial charge in [-0.25, -0.2) is 4.98 Å². The van der Waals surface area contributed by atoms with Gasteiger partial charge in [0, 0.05) is 11.8 Å². The summed E-state index contributed by atoms with van der Waals surface area (Å²) >= 11 is 0. The molecule has 1 aromatic rings. The van der Waals surface area contributed by atoms with E-state index in [1.807, 2.05) is 32.9 Å². The molecule has 1 rings (SSSR count). The van der Waals surface area contributed by atoms with Gasteiger partial charge in [-0.05, 0) is 32.4 Å². The van der Waals surface area contributed by atoms with Crippen LogP contribution in [0.3, 0.4) is 0 Å². The molecular weight excluding hydrogens is 138 g/mol. The zero-order valence-corrected chi connectivity index (χ0v) is 7.22. The lowest BCUT2D eigenvalue weighted by Crippen LogP contribution is -1.95. The molecule has 60 valence electrons. The summed E-state index contributed by atoms with van der Waals surface area (Å²) in [4.78, 5) is 4.20. The fourth-order valence-electron chi connectivity index (χ4n) is 1.03.